The Labute approximate surface area is 64.0 Å². The van der Waals surface area contributed by atoms with Crippen LogP contribution in [0.1, 0.15) is 13.3 Å². The number of rotatable bonds is 2. The van der Waals surface area contributed by atoms with Crippen LogP contribution in [0.5, 0.6) is 0 Å². The molecule has 1 fully saturated rings. The number of nitrogens with zero attached hydrogens (tertiary/aromatic N) is 3. The molecule has 1 aliphatic rings. The quantitative estimate of drug-likeness (QED) is 0.260. The van der Waals surface area contributed by atoms with Gasteiger partial charge >= 0.3 is 5.97 Å². The second-order valence-corrected chi connectivity index (χ2v) is 2.61. The number of carbonyl (C=O) groups excluding carboxylic acids is 1. The Balaban J connectivity index is 2.40. The summed E-state index contributed by atoms with van der Waals surface area (Å²) in [6, 6.07) is 0. The van der Waals surface area contributed by atoms with Gasteiger partial charge in [-0.1, -0.05) is 12.0 Å². The summed E-state index contributed by atoms with van der Waals surface area (Å²) in [6.07, 6.45) is 0.464. The summed E-state index contributed by atoms with van der Waals surface area (Å²) >= 11 is 0. The maximum Gasteiger partial charge on any atom is 0.309 e. The maximum absolute atomic E-state index is 10.8. The Kier molecular flexibility index (Phi) is 2.33. The van der Waals surface area contributed by atoms with Gasteiger partial charge in [0.1, 0.15) is 6.10 Å². The zero-order chi connectivity index (χ0) is 8.27. The standard InChI is InChI=1S/C6H9N3O2/c1-4-2-5(3-8-9-7)11-6(4)10/h4-5H,2-3H2,1H3/t4-,5-/m0/s1. The smallest absolute Gasteiger partial charge is 0.309 e. The lowest BCUT2D eigenvalue weighted by molar-refractivity contribution is -0.143. The van der Waals surface area contributed by atoms with E-state index in [4.69, 9.17) is 10.3 Å². The number of azide groups is 1. The van der Waals surface area contributed by atoms with Crippen LogP contribution in [-0.4, -0.2) is 18.6 Å². The van der Waals surface area contributed by atoms with Crippen LogP contribution in [0.25, 0.3) is 10.4 Å². The predicted octanol–water partition coefficient (Wildman–Crippen LogP) is 1.25. The lowest BCUT2D eigenvalue weighted by Crippen LogP contribution is -2.09. The molecule has 1 heterocycles. The van der Waals surface area contributed by atoms with Gasteiger partial charge in [0.25, 0.3) is 0 Å². The largest absolute Gasteiger partial charge is 0.462 e. The van der Waals surface area contributed by atoms with E-state index in [1.54, 1.807) is 6.92 Å². The summed E-state index contributed by atoms with van der Waals surface area (Å²) < 4.78 is 4.87. The zero-order valence-electron chi connectivity index (χ0n) is 6.23. The van der Waals surface area contributed by atoms with E-state index in [-0.39, 0.29) is 24.5 Å². The first kappa shape index (κ1) is 7.88. The highest BCUT2D eigenvalue weighted by atomic mass is 16.6. The maximum atomic E-state index is 10.8. The Morgan fingerprint density at radius 1 is 1.91 bits per heavy atom. The number of esters is 1. The topological polar surface area (TPSA) is 75.1 Å². The van der Waals surface area contributed by atoms with Gasteiger partial charge < -0.3 is 4.74 Å². The second-order valence-electron chi connectivity index (χ2n) is 2.61. The van der Waals surface area contributed by atoms with Gasteiger partial charge in [0.15, 0.2) is 0 Å². The van der Waals surface area contributed by atoms with Crippen molar-refractivity contribution in [2.45, 2.75) is 19.4 Å². The van der Waals surface area contributed by atoms with Gasteiger partial charge in [0.05, 0.1) is 12.5 Å². The molecule has 0 N–H and O–H groups in total. The molecule has 0 aromatic heterocycles. The SMILES string of the molecule is C[C@H]1C[C@@H](CN=[N+]=[N-])OC1=O. The van der Waals surface area contributed by atoms with Crippen molar-refractivity contribution >= 4 is 5.97 Å². The van der Waals surface area contributed by atoms with E-state index in [9.17, 15) is 4.79 Å². The van der Waals surface area contributed by atoms with E-state index in [1.807, 2.05) is 0 Å². The lowest BCUT2D eigenvalue weighted by Gasteiger charge is -2.01. The van der Waals surface area contributed by atoms with Crippen LogP contribution in [0, 0.1) is 5.92 Å². The van der Waals surface area contributed by atoms with Gasteiger partial charge in [0, 0.05) is 4.91 Å². The van der Waals surface area contributed by atoms with Crippen LogP contribution < -0.4 is 0 Å². The van der Waals surface area contributed by atoms with Crippen LogP contribution in [0.2, 0.25) is 0 Å². The van der Waals surface area contributed by atoms with Crippen molar-refractivity contribution < 1.29 is 9.53 Å². The van der Waals surface area contributed by atoms with Crippen molar-refractivity contribution in [1.82, 2.24) is 0 Å². The van der Waals surface area contributed by atoms with E-state index in [0.29, 0.717) is 6.42 Å². The second kappa shape index (κ2) is 3.25. The number of carbonyl (C=O) groups is 1. The molecular formula is C6H9N3O2. The fourth-order valence-corrected chi connectivity index (χ4v) is 1.06. The molecule has 5 heteroatoms. The highest BCUT2D eigenvalue weighted by Crippen LogP contribution is 2.20. The first-order valence-electron chi connectivity index (χ1n) is 3.45. The molecule has 1 aliphatic heterocycles. The third-order valence-electron chi connectivity index (χ3n) is 1.65. The van der Waals surface area contributed by atoms with Gasteiger partial charge in [-0.3, -0.25) is 4.79 Å². The minimum Gasteiger partial charge on any atom is -0.462 e. The number of ether oxygens (including phenoxy) is 1. The fourth-order valence-electron chi connectivity index (χ4n) is 1.06. The minimum atomic E-state index is -0.201. The molecule has 0 saturated carbocycles. The van der Waals surface area contributed by atoms with Crippen molar-refractivity contribution in [3.63, 3.8) is 0 Å². The van der Waals surface area contributed by atoms with Crippen LogP contribution >= 0.6 is 0 Å². The summed E-state index contributed by atoms with van der Waals surface area (Å²) in [6.45, 7) is 2.06. The van der Waals surface area contributed by atoms with Gasteiger partial charge in [-0.25, -0.2) is 0 Å². The average Bonchev–Trinajstić information content (AvgIpc) is 2.28. The lowest BCUT2D eigenvalue weighted by atomic mass is 10.1. The summed E-state index contributed by atoms with van der Waals surface area (Å²) in [5.41, 5.74) is 7.98. The van der Waals surface area contributed by atoms with Gasteiger partial charge in [-0.2, -0.15) is 0 Å². The Hall–Kier alpha value is -1.22. The van der Waals surface area contributed by atoms with Gasteiger partial charge in [-0.05, 0) is 12.0 Å². The minimum absolute atomic E-state index is 0.0473. The van der Waals surface area contributed by atoms with E-state index >= 15 is 0 Å². The molecule has 11 heavy (non-hydrogen) atoms. The van der Waals surface area contributed by atoms with E-state index in [1.165, 1.54) is 0 Å². The van der Waals surface area contributed by atoms with Crippen LogP contribution in [0.15, 0.2) is 5.11 Å². The first-order valence-corrected chi connectivity index (χ1v) is 3.45. The van der Waals surface area contributed by atoms with Crippen molar-refractivity contribution in [1.29, 1.82) is 0 Å². The van der Waals surface area contributed by atoms with Crippen LogP contribution in [0.4, 0.5) is 0 Å². The van der Waals surface area contributed by atoms with E-state index in [0.717, 1.165) is 0 Å². The molecule has 0 spiro atoms. The molecule has 0 aromatic carbocycles. The summed E-state index contributed by atoms with van der Waals surface area (Å²) in [5.74, 6) is -0.239. The number of hydrogen-bond acceptors (Lipinski definition) is 3. The first-order chi connectivity index (χ1) is 5.24. The van der Waals surface area contributed by atoms with Gasteiger partial charge in [0.2, 0.25) is 0 Å². The highest BCUT2D eigenvalue weighted by molar-refractivity contribution is 5.74. The normalized spacial score (nSPS) is 29.4. The molecule has 0 radical (unpaired) electrons. The monoisotopic (exact) mass is 155 g/mol. The Bertz CT molecular complexity index is 208. The molecule has 60 valence electrons. The number of hydrogen-bond donors (Lipinski definition) is 0. The molecule has 0 aliphatic carbocycles. The van der Waals surface area contributed by atoms with Crippen molar-refractivity contribution in [2.75, 3.05) is 6.54 Å². The highest BCUT2D eigenvalue weighted by Gasteiger charge is 2.29. The summed E-state index contributed by atoms with van der Waals surface area (Å²) in [7, 11) is 0. The van der Waals surface area contributed by atoms with Crippen molar-refractivity contribution in [2.24, 2.45) is 11.0 Å². The van der Waals surface area contributed by atoms with Gasteiger partial charge in [-0.15, -0.1) is 0 Å². The predicted molar refractivity (Wildman–Crippen MR) is 37.7 cm³/mol. The van der Waals surface area contributed by atoms with Crippen LogP contribution in [-0.2, 0) is 9.53 Å². The fraction of sp³-hybridized carbons (Fsp3) is 0.833. The molecule has 1 rings (SSSR count). The molecule has 2 atom stereocenters. The number of cyclic esters (lactones) is 1. The van der Waals surface area contributed by atoms with E-state index < -0.39 is 0 Å². The summed E-state index contributed by atoms with van der Waals surface area (Å²) in [5, 5.41) is 3.33. The zero-order valence-corrected chi connectivity index (χ0v) is 6.23. The molecule has 0 unspecified atom stereocenters. The molecule has 0 amide bonds. The van der Waals surface area contributed by atoms with Crippen LogP contribution in [0.3, 0.4) is 0 Å². The van der Waals surface area contributed by atoms with E-state index in [2.05, 4.69) is 10.0 Å². The average molecular weight is 155 g/mol. The molecule has 0 bridgehead atoms. The Morgan fingerprint density at radius 2 is 2.64 bits per heavy atom. The van der Waals surface area contributed by atoms with Crippen molar-refractivity contribution in [3.8, 4) is 0 Å². The molecule has 1 saturated heterocycles. The van der Waals surface area contributed by atoms with Crippen molar-refractivity contribution in [3.05, 3.63) is 10.4 Å². The third kappa shape index (κ3) is 1.85. The summed E-state index contributed by atoms with van der Waals surface area (Å²) in [4.78, 5) is 13.4. The Morgan fingerprint density at radius 3 is 3.09 bits per heavy atom. The molecule has 0 aromatic rings. The molecule has 5 nitrogen and oxygen atoms in total. The molecular weight excluding hydrogens is 146 g/mol. The third-order valence-corrected chi connectivity index (χ3v) is 1.65.